The van der Waals surface area contributed by atoms with Gasteiger partial charge in [0.05, 0.1) is 33.0 Å². The van der Waals surface area contributed by atoms with Crippen molar-refractivity contribution in [3.05, 3.63) is 40.8 Å². The van der Waals surface area contributed by atoms with E-state index in [0.717, 1.165) is 5.39 Å². The van der Waals surface area contributed by atoms with Crippen LogP contribution in [0.2, 0.25) is 0 Å². The summed E-state index contributed by atoms with van der Waals surface area (Å²) in [5, 5.41) is 10.6. The fourth-order valence-electron chi connectivity index (χ4n) is 1.95. The topological polar surface area (TPSA) is 87.4 Å². The van der Waals surface area contributed by atoms with Crippen molar-refractivity contribution in [2.75, 3.05) is 46.8 Å². The fourth-order valence-corrected chi connectivity index (χ4v) is 1.95. The lowest BCUT2D eigenvalue weighted by Crippen LogP contribution is -2.24. The van der Waals surface area contributed by atoms with E-state index in [-0.39, 0.29) is 13.2 Å². The minimum absolute atomic E-state index is 0.0765. The Kier molecular flexibility index (Phi) is 7.70. The Labute approximate surface area is 139 Å². The summed E-state index contributed by atoms with van der Waals surface area (Å²) >= 11 is 0. The summed E-state index contributed by atoms with van der Waals surface area (Å²) in [4.78, 5) is 11.2. The van der Waals surface area contributed by atoms with Crippen molar-refractivity contribution >= 4 is 11.0 Å². The third-order valence-electron chi connectivity index (χ3n) is 3.15. The maximum atomic E-state index is 11.2. The van der Waals surface area contributed by atoms with Gasteiger partial charge >= 0.3 is 5.63 Å². The highest BCUT2D eigenvalue weighted by atomic mass is 16.5. The van der Waals surface area contributed by atoms with E-state index in [0.29, 0.717) is 37.8 Å². The molecule has 0 spiro atoms. The lowest BCUT2D eigenvalue weighted by molar-refractivity contribution is -0.0169. The Bertz CT molecular complexity index is 667. The Morgan fingerprint density at radius 2 is 1.79 bits per heavy atom. The van der Waals surface area contributed by atoms with Crippen molar-refractivity contribution in [1.82, 2.24) is 0 Å². The molecule has 0 saturated heterocycles. The Morgan fingerprint density at radius 1 is 1.04 bits per heavy atom. The van der Waals surface area contributed by atoms with E-state index in [1.54, 1.807) is 31.4 Å². The van der Waals surface area contributed by atoms with Crippen molar-refractivity contribution in [2.24, 2.45) is 0 Å². The molecule has 0 bridgehead atoms. The van der Waals surface area contributed by atoms with Gasteiger partial charge in [-0.25, -0.2) is 4.79 Å². The van der Waals surface area contributed by atoms with Gasteiger partial charge in [0.25, 0.3) is 0 Å². The summed E-state index contributed by atoms with van der Waals surface area (Å²) in [7, 11) is 1.61. The van der Waals surface area contributed by atoms with E-state index >= 15 is 0 Å². The van der Waals surface area contributed by atoms with Crippen LogP contribution >= 0.6 is 0 Å². The molecule has 7 nitrogen and oxygen atoms in total. The van der Waals surface area contributed by atoms with Crippen molar-refractivity contribution in [3.8, 4) is 5.75 Å². The van der Waals surface area contributed by atoms with Crippen molar-refractivity contribution in [2.45, 2.75) is 6.10 Å². The predicted octanol–water partition coefficient (Wildman–Crippen LogP) is 1.21. The molecule has 2 rings (SSSR count). The van der Waals surface area contributed by atoms with Crippen LogP contribution in [0, 0.1) is 0 Å². The van der Waals surface area contributed by atoms with Gasteiger partial charge in [0.2, 0.25) is 0 Å². The Hall–Kier alpha value is -1.93. The van der Waals surface area contributed by atoms with Crippen LogP contribution < -0.4 is 10.4 Å². The molecule has 0 aliphatic rings. The molecule has 1 unspecified atom stereocenters. The lowest BCUT2D eigenvalue weighted by Gasteiger charge is -2.13. The molecule has 0 radical (unpaired) electrons. The number of aliphatic hydroxyl groups excluding tert-OH is 1. The van der Waals surface area contributed by atoms with Gasteiger partial charge in [-0.05, 0) is 18.2 Å². The molecule has 24 heavy (non-hydrogen) atoms. The summed E-state index contributed by atoms with van der Waals surface area (Å²) in [5.74, 6) is 0.513. The highest BCUT2D eigenvalue weighted by Crippen LogP contribution is 2.19. The highest BCUT2D eigenvalue weighted by molar-refractivity contribution is 5.77. The van der Waals surface area contributed by atoms with Gasteiger partial charge in [-0.1, -0.05) is 0 Å². The second kappa shape index (κ2) is 10.0. The van der Waals surface area contributed by atoms with E-state index in [4.69, 9.17) is 23.4 Å². The van der Waals surface area contributed by atoms with Crippen LogP contribution in [0.25, 0.3) is 11.0 Å². The van der Waals surface area contributed by atoms with Crippen LogP contribution in [0.4, 0.5) is 0 Å². The highest BCUT2D eigenvalue weighted by Gasteiger charge is 2.07. The van der Waals surface area contributed by atoms with Crippen LogP contribution in [0.15, 0.2) is 39.5 Å². The van der Waals surface area contributed by atoms with Gasteiger partial charge in [0, 0.05) is 24.6 Å². The van der Waals surface area contributed by atoms with Crippen LogP contribution in [0.1, 0.15) is 0 Å². The van der Waals surface area contributed by atoms with Crippen molar-refractivity contribution < 1.29 is 28.5 Å². The molecular weight excluding hydrogens is 316 g/mol. The predicted molar refractivity (Wildman–Crippen MR) is 87.5 cm³/mol. The molecule has 0 aliphatic heterocycles. The zero-order valence-corrected chi connectivity index (χ0v) is 13.6. The molecule has 1 atom stereocenters. The van der Waals surface area contributed by atoms with E-state index < -0.39 is 11.7 Å². The van der Waals surface area contributed by atoms with Gasteiger partial charge in [-0.2, -0.15) is 0 Å². The van der Waals surface area contributed by atoms with Crippen molar-refractivity contribution in [3.63, 3.8) is 0 Å². The summed E-state index contributed by atoms with van der Waals surface area (Å²) in [5.41, 5.74) is 0.0275. The lowest BCUT2D eigenvalue weighted by atomic mass is 10.2. The molecule has 0 amide bonds. The number of methoxy groups -OCH3 is 1. The van der Waals surface area contributed by atoms with Crippen LogP contribution in [0.3, 0.4) is 0 Å². The summed E-state index contributed by atoms with van der Waals surface area (Å²) in [6.45, 7) is 2.12. The first-order chi connectivity index (χ1) is 11.7. The minimum Gasteiger partial charge on any atom is -0.491 e. The van der Waals surface area contributed by atoms with Gasteiger partial charge in [-0.3, -0.25) is 0 Å². The SMILES string of the molecule is COCCOCCOCC(O)COc1ccc2ccc(=O)oc2c1. The number of fused-ring (bicyclic) bond motifs is 1. The minimum atomic E-state index is -0.762. The second-order valence-electron chi connectivity index (χ2n) is 5.10. The third-order valence-corrected chi connectivity index (χ3v) is 3.15. The van der Waals surface area contributed by atoms with Crippen LogP contribution in [-0.2, 0) is 14.2 Å². The molecular formula is C17H22O7. The number of aliphatic hydroxyl groups is 1. The molecule has 1 N–H and O–H groups in total. The standard InChI is InChI=1S/C17H22O7/c1-20-6-7-21-8-9-22-11-14(18)12-23-15-4-2-13-3-5-17(19)24-16(13)10-15/h2-5,10,14,18H,6-9,11-12H2,1H3. The zero-order valence-electron chi connectivity index (χ0n) is 13.6. The molecule has 1 aromatic carbocycles. The first kappa shape index (κ1) is 18.4. The maximum absolute atomic E-state index is 11.2. The molecule has 1 aromatic heterocycles. The van der Waals surface area contributed by atoms with Gasteiger partial charge in [-0.15, -0.1) is 0 Å². The summed E-state index contributed by atoms with van der Waals surface area (Å²) in [6, 6.07) is 8.20. The Balaban J connectivity index is 1.68. The average Bonchev–Trinajstić information content (AvgIpc) is 2.58. The summed E-state index contributed by atoms with van der Waals surface area (Å²) in [6.07, 6.45) is -0.762. The van der Waals surface area contributed by atoms with Crippen LogP contribution in [0.5, 0.6) is 5.75 Å². The monoisotopic (exact) mass is 338 g/mol. The quantitative estimate of drug-likeness (QED) is 0.487. The zero-order chi connectivity index (χ0) is 17.2. The molecule has 0 fully saturated rings. The number of hydrogen-bond donors (Lipinski definition) is 1. The number of rotatable bonds is 11. The molecule has 132 valence electrons. The van der Waals surface area contributed by atoms with Gasteiger partial charge < -0.3 is 28.5 Å². The Morgan fingerprint density at radius 3 is 2.62 bits per heavy atom. The molecule has 0 saturated carbocycles. The van der Waals surface area contributed by atoms with Gasteiger partial charge in [0.1, 0.15) is 24.0 Å². The van der Waals surface area contributed by atoms with E-state index in [2.05, 4.69) is 0 Å². The molecule has 0 aliphatic carbocycles. The molecule has 1 heterocycles. The fraction of sp³-hybridized carbons (Fsp3) is 0.471. The first-order valence-corrected chi connectivity index (χ1v) is 7.68. The largest absolute Gasteiger partial charge is 0.491 e. The van der Waals surface area contributed by atoms with E-state index in [9.17, 15) is 9.90 Å². The second-order valence-corrected chi connectivity index (χ2v) is 5.10. The normalized spacial score (nSPS) is 12.4. The summed E-state index contributed by atoms with van der Waals surface area (Å²) < 4.78 is 25.9. The van der Waals surface area contributed by atoms with E-state index in [1.165, 1.54) is 6.07 Å². The number of benzene rings is 1. The smallest absolute Gasteiger partial charge is 0.336 e. The average molecular weight is 338 g/mol. The van der Waals surface area contributed by atoms with Gasteiger partial charge in [0.15, 0.2) is 0 Å². The first-order valence-electron chi connectivity index (χ1n) is 7.68. The third kappa shape index (κ3) is 6.29. The number of ether oxygens (including phenoxy) is 4. The number of hydrogen-bond acceptors (Lipinski definition) is 7. The maximum Gasteiger partial charge on any atom is 0.336 e. The molecule has 7 heteroatoms. The molecule has 2 aromatic rings. The van der Waals surface area contributed by atoms with E-state index in [1.807, 2.05) is 0 Å². The van der Waals surface area contributed by atoms with Crippen LogP contribution in [-0.4, -0.2) is 58.0 Å². The van der Waals surface area contributed by atoms with Crippen molar-refractivity contribution in [1.29, 1.82) is 0 Å².